The molecule has 6 nitrogen and oxygen atoms in total. The second kappa shape index (κ2) is 3.42. The van der Waals surface area contributed by atoms with E-state index in [9.17, 15) is 9.59 Å². The first-order valence-corrected chi connectivity index (χ1v) is 6.11. The van der Waals surface area contributed by atoms with Crippen molar-refractivity contribution in [1.82, 2.24) is 14.6 Å². The number of hydrogen-bond acceptors (Lipinski definition) is 5. The lowest BCUT2D eigenvalue weighted by atomic mass is 10.1. The van der Waals surface area contributed by atoms with Crippen molar-refractivity contribution < 1.29 is 0 Å². The number of nitrogens with one attached hydrogen (secondary N) is 1. The van der Waals surface area contributed by atoms with Crippen molar-refractivity contribution in [3.05, 3.63) is 38.2 Å². The molecule has 92 valence electrons. The normalized spacial score (nSPS) is 11.4. The molecule has 0 saturated heterocycles. The van der Waals surface area contributed by atoms with Crippen LogP contribution in [-0.2, 0) is 0 Å². The number of nitrogens with two attached hydrogens (primary N) is 1. The first-order valence-electron chi connectivity index (χ1n) is 5.30. The molecule has 0 aliphatic rings. The highest BCUT2D eigenvalue weighted by molar-refractivity contribution is 7.25. The smallest absolute Gasteiger partial charge is 0.332 e. The predicted molar refractivity (Wildman–Crippen MR) is 71.6 cm³/mol. The third-order valence-electron chi connectivity index (χ3n) is 2.85. The lowest BCUT2D eigenvalue weighted by molar-refractivity contribution is 0.859. The van der Waals surface area contributed by atoms with Gasteiger partial charge in [0.1, 0.15) is 9.53 Å². The van der Waals surface area contributed by atoms with E-state index in [4.69, 9.17) is 5.84 Å². The molecule has 0 amide bonds. The summed E-state index contributed by atoms with van der Waals surface area (Å²) < 4.78 is 1.01. The Kier molecular flexibility index (Phi) is 2.09. The maximum absolute atomic E-state index is 11.9. The minimum Gasteiger partial charge on any atom is -0.332 e. The van der Waals surface area contributed by atoms with Gasteiger partial charge < -0.3 is 10.8 Å². The first-order chi connectivity index (χ1) is 8.49. The highest BCUT2D eigenvalue weighted by Crippen LogP contribution is 2.30. The maximum Gasteiger partial charge on any atom is 0.347 e. The van der Waals surface area contributed by atoms with Crippen molar-refractivity contribution in [3.63, 3.8) is 0 Å². The van der Waals surface area contributed by atoms with Gasteiger partial charge in [0.2, 0.25) is 0 Å². The summed E-state index contributed by atoms with van der Waals surface area (Å²) >= 11 is 1.24. The van der Waals surface area contributed by atoms with E-state index in [-0.39, 0.29) is 0 Å². The van der Waals surface area contributed by atoms with Crippen LogP contribution in [0, 0.1) is 13.8 Å². The van der Waals surface area contributed by atoms with Crippen LogP contribution in [0.4, 0.5) is 0 Å². The molecule has 0 aromatic carbocycles. The maximum atomic E-state index is 11.9. The van der Waals surface area contributed by atoms with Crippen LogP contribution in [0.2, 0.25) is 0 Å². The third kappa shape index (κ3) is 1.31. The summed E-state index contributed by atoms with van der Waals surface area (Å²) in [5.41, 5.74) is 1.27. The van der Waals surface area contributed by atoms with Gasteiger partial charge in [-0.2, -0.15) is 4.68 Å². The Morgan fingerprint density at radius 2 is 2.11 bits per heavy atom. The molecule has 0 spiro atoms. The number of H-pyrrole nitrogens is 1. The van der Waals surface area contributed by atoms with Crippen molar-refractivity contribution >= 4 is 31.8 Å². The molecule has 0 aliphatic carbocycles. The Morgan fingerprint density at radius 3 is 2.83 bits per heavy atom. The van der Waals surface area contributed by atoms with Gasteiger partial charge in [-0.15, -0.1) is 11.3 Å². The lowest BCUT2D eigenvalue weighted by Crippen LogP contribution is -2.40. The minimum absolute atomic E-state index is 0.424. The van der Waals surface area contributed by atoms with Crippen molar-refractivity contribution in [2.75, 3.05) is 5.84 Å². The van der Waals surface area contributed by atoms with Crippen LogP contribution in [0.25, 0.3) is 20.4 Å². The molecule has 3 heterocycles. The number of pyridine rings is 1. The van der Waals surface area contributed by atoms with Gasteiger partial charge in [0.05, 0.1) is 5.52 Å². The zero-order chi connectivity index (χ0) is 13.0. The van der Waals surface area contributed by atoms with Crippen LogP contribution in [0.3, 0.4) is 0 Å². The van der Waals surface area contributed by atoms with Crippen molar-refractivity contribution in [2.45, 2.75) is 13.8 Å². The van der Waals surface area contributed by atoms with Crippen LogP contribution >= 0.6 is 11.3 Å². The topological polar surface area (TPSA) is 93.8 Å². The molecule has 0 saturated carbocycles. The largest absolute Gasteiger partial charge is 0.347 e. The van der Waals surface area contributed by atoms with Gasteiger partial charge in [-0.25, -0.2) is 9.78 Å². The number of hydrogen-bond donors (Lipinski definition) is 2. The van der Waals surface area contributed by atoms with E-state index in [0.717, 1.165) is 21.5 Å². The quantitative estimate of drug-likeness (QED) is 0.581. The number of nitrogen functional groups attached to an aromatic ring is 1. The summed E-state index contributed by atoms with van der Waals surface area (Å²) in [6.45, 7) is 3.82. The van der Waals surface area contributed by atoms with Gasteiger partial charge in [0, 0.05) is 11.1 Å². The van der Waals surface area contributed by atoms with E-state index in [1.165, 1.54) is 11.3 Å². The predicted octanol–water partition coefficient (Wildman–Crippen LogP) is 0.630. The van der Waals surface area contributed by atoms with E-state index in [0.29, 0.717) is 14.9 Å². The molecule has 3 N–H and O–H groups in total. The standard InChI is InChI=1S/C11H10N4O2S/c1-4-3-5(2)13-9-6(4)7-8(18-9)10(16)15(12)11(17)14-7/h3H,12H2,1-2H3,(H,14,17). The number of aromatic nitrogens is 3. The summed E-state index contributed by atoms with van der Waals surface area (Å²) in [4.78, 5) is 31.2. The second-order valence-corrected chi connectivity index (χ2v) is 5.17. The van der Waals surface area contributed by atoms with Crippen LogP contribution in [0.15, 0.2) is 15.7 Å². The Bertz CT molecular complexity index is 903. The van der Waals surface area contributed by atoms with Gasteiger partial charge in [0.25, 0.3) is 5.56 Å². The zero-order valence-corrected chi connectivity index (χ0v) is 10.6. The Labute approximate surface area is 105 Å². The molecule has 0 fully saturated rings. The molecule has 3 rings (SSSR count). The Hall–Kier alpha value is -2.15. The minimum atomic E-state index is -0.618. The van der Waals surface area contributed by atoms with E-state index in [2.05, 4.69) is 9.97 Å². The number of aromatic amines is 1. The van der Waals surface area contributed by atoms with Gasteiger partial charge in [-0.05, 0) is 25.5 Å². The lowest BCUT2D eigenvalue weighted by Gasteiger charge is -1.99. The van der Waals surface area contributed by atoms with Gasteiger partial charge >= 0.3 is 5.69 Å². The van der Waals surface area contributed by atoms with Crippen LogP contribution in [-0.4, -0.2) is 14.6 Å². The van der Waals surface area contributed by atoms with Crippen molar-refractivity contribution in [2.24, 2.45) is 0 Å². The first kappa shape index (κ1) is 11.0. The summed E-state index contributed by atoms with van der Waals surface area (Å²) in [7, 11) is 0. The van der Waals surface area contributed by atoms with E-state index >= 15 is 0 Å². The number of aryl methyl sites for hydroxylation is 2. The zero-order valence-electron chi connectivity index (χ0n) is 9.77. The summed E-state index contributed by atoms with van der Waals surface area (Å²) in [5, 5.41) is 0.815. The van der Waals surface area contributed by atoms with Gasteiger partial charge in [-0.1, -0.05) is 0 Å². The fourth-order valence-corrected chi connectivity index (χ4v) is 3.27. The van der Waals surface area contributed by atoms with Crippen molar-refractivity contribution in [1.29, 1.82) is 0 Å². The van der Waals surface area contributed by atoms with E-state index in [1.807, 2.05) is 19.9 Å². The highest BCUT2D eigenvalue weighted by Gasteiger charge is 2.14. The van der Waals surface area contributed by atoms with Gasteiger partial charge in [0.15, 0.2) is 0 Å². The molecule has 3 aromatic heterocycles. The van der Waals surface area contributed by atoms with E-state index in [1.54, 1.807) is 0 Å². The van der Waals surface area contributed by atoms with Crippen LogP contribution < -0.4 is 17.1 Å². The number of fused-ring (bicyclic) bond motifs is 3. The molecule has 7 heteroatoms. The van der Waals surface area contributed by atoms with Crippen LogP contribution in [0.1, 0.15) is 11.3 Å². The van der Waals surface area contributed by atoms with Crippen LogP contribution in [0.5, 0.6) is 0 Å². The van der Waals surface area contributed by atoms with E-state index < -0.39 is 11.2 Å². The molecule has 0 atom stereocenters. The Morgan fingerprint density at radius 1 is 1.39 bits per heavy atom. The van der Waals surface area contributed by atoms with Crippen molar-refractivity contribution in [3.8, 4) is 0 Å². The molecule has 18 heavy (non-hydrogen) atoms. The molecule has 0 bridgehead atoms. The average molecular weight is 262 g/mol. The summed E-state index contributed by atoms with van der Waals surface area (Å²) in [6, 6.07) is 1.92. The highest BCUT2D eigenvalue weighted by atomic mass is 32.1. The van der Waals surface area contributed by atoms with Gasteiger partial charge in [-0.3, -0.25) is 4.79 Å². The fourth-order valence-electron chi connectivity index (χ4n) is 2.08. The number of rotatable bonds is 0. The Balaban J connectivity index is 2.69. The monoisotopic (exact) mass is 262 g/mol. The second-order valence-electron chi connectivity index (χ2n) is 4.17. The number of thiophene rings is 1. The molecule has 0 radical (unpaired) electrons. The molecule has 0 unspecified atom stereocenters. The third-order valence-corrected chi connectivity index (χ3v) is 3.92. The SMILES string of the molecule is Cc1cc(C)c2c(n1)sc1c(=O)n(N)c(=O)[nH]c12. The molecule has 0 aliphatic heterocycles. The molecular formula is C11H10N4O2S. The average Bonchev–Trinajstić information content (AvgIpc) is 2.64. The fraction of sp³-hybridized carbons (Fsp3) is 0.182. The summed E-state index contributed by atoms with van der Waals surface area (Å²) in [6.07, 6.45) is 0. The summed E-state index contributed by atoms with van der Waals surface area (Å²) in [5.74, 6) is 5.38. The number of nitrogens with zero attached hydrogens (tertiary/aromatic N) is 2. The molecular weight excluding hydrogens is 252 g/mol. The molecule has 3 aromatic rings.